The van der Waals surface area contributed by atoms with Gasteiger partial charge in [-0.15, -0.1) is 0 Å². The average molecular weight is 337 g/mol. The van der Waals surface area contributed by atoms with Gasteiger partial charge in [0.15, 0.2) is 0 Å². The van der Waals surface area contributed by atoms with E-state index in [1.807, 2.05) is 0 Å². The second-order valence-corrected chi connectivity index (χ2v) is 9.59. The Bertz CT molecular complexity index is 800. The molecule has 0 saturated carbocycles. The summed E-state index contributed by atoms with van der Waals surface area (Å²) in [6.07, 6.45) is 0. The number of aryl methyl sites for hydroxylation is 1. The Balaban J connectivity index is 2.23. The lowest BCUT2D eigenvalue weighted by Gasteiger charge is -2.27. The molecule has 1 nitrogen and oxygen atoms in total. The molecule has 0 bridgehead atoms. The lowest BCUT2D eigenvalue weighted by Crippen LogP contribution is -2.17. The summed E-state index contributed by atoms with van der Waals surface area (Å²) in [6.45, 7) is 18.9. The highest BCUT2D eigenvalue weighted by Gasteiger charge is 2.34. The molecule has 134 valence electrons. The molecular weight excluding hydrogens is 304 g/mol. The normalized spacial score (nSPS) is 17.4. The van der Waals surface area contributed by atoms with Gasteiger partial charge in [-0.1, -0.05) is 71.9 Å². The Morgan fingerprint density at radius 3 is 2.16 bits per heavy atom. The van der Waals surface area contributed by atoms with Crippen LogP contribution in [0.2, 0.25) is 0 Å². The molecule has 0 amide bonds. The van der Waals surface area contributed by atoms with E-state index in [1.54, 1.807) is 0 Å². The van der Waals surface area contributed by atoms with Gasteiger partial charge in [-0.3, -0.25) is 0 Å². The molecule has 1 unspecified atom stereocenters. The summed E-state index contributed by atoms with van der Waals surface area (Å²) in [6, 6.07) is 11.4. The molecule has 1 aliphatic rings. The van der Waals surface area contributed by atoms with Gasteiger partial charge >= 0.3 is 0 Å². The standard InChI is InChI=1S/C24H32O/c1-15-10-9-11-18(16(15)2)20-14-25-22-19(20)12-17(23(3,4)5)13-21(22)24(6,7)8/h9-13,20H,14H2,1-8H3. The number of hydrogen-bond donors (Lipinski definition) is 0. The Labute approximate surface area is 153 Å². The monoisotopic (exact) mass is 336 g/mol. The predicted octanol–water partition coefficient (Wildman–Crippen LogP) is 6.42. The van der Waals surface area contributed by atoms with Crippen molar-refractivity contribution in [2.24, 2.45) is 0 Å². The van der Waals surface area contributed by atoms with Crippen LogP contribution in [0.5, 0.6) is 5.75 Å². The van der Waals surface area contributed by atoms with E-state index in [1.165, 1.54) is 33.4 Å². The molecule has 3 rings (SSSR count). The molecular formula is C24H32O. The summed E-state index contributed by atoms with van der Waals surface area (Å²) in [5.41, 5.74) is 8.46. The molecule has 0 fully saturated rings. The fraction of sp³-hybridized carbons (Fsp3) is 0.500. The SMILES string of the molecule is Cc1cccc(C2COc3c2cc(C(C)(C)C)cc3C(C)(C)C)c1C. The zero-order chi connectivity index (χ0) is 18.6. The first-order valence-electron chi connectivity index (χ1n) is 9.38. The van der Waals surface area contributed by atoms with Crippen LogP contribution in [0, 0.1) is 13.8 Å². The van der Waals surface area contributed by atoms with Crippen LogP contribution in [-0.2, 0) is 10.8 Å². The van der Waals surface area contributed by atoms with Crippen molar-refractivity contribution in [1.29, 1.82) is 0 Å². The Morgan fingerprint density at radius 1 is 0.880 bits per heavy atom. The highest BCUT2D eigenvalue weighted by molar-refractivity contribution is 5.56. The average Bonchev–Trinajstić information content (AvgIpc) is 2.91. The van der Waals surface area contributed by atoms with Gasteiger partial charge in [-0.05, 0) is 46.9 Å². The second kappa shape index (κ2) is 5.90. The van der Waals surface area contributed by atoms with Gasteiger partial charge in [0, 0.05) is 17.0 Å². The lowest BCUT2D eigenvalue weighted by molar-refractivity contribution is 0.334. The van der Waals surface area contributed by atoms with Crippen LogP contribution >= 0.6 is 0 Å². The molecule has 1 heterocycles. The van der Waals surface area contributed by atoms with Gasteiger partial charge in [-0.2, -0.15) is 0 Å². The van der Waals surface area contributed by atoms with E-state index in [0.717, 1.165) is 12.4 Å². The van der Waals surface area contributed by atoms with Crippen molar-refractivity contribution in [3.05, 3.63) is 63.7 Å². The summed E-state index contributed by atoms with van der Waals surface area (Å²) in [7, 11) is 0. The quantitative estimate of drug-likeness (QED) is 0.583. The highest BCUT2D eigenvalue weighted by Crippen LogP contribution is 2.47. The first-order valence-corrected chi connectivity index (χ1v) is 9.38. The molecule has 0 aliphatic carbocycles. The lowest BCUT2D eigenvalue weighted by atomic mass is 9.77. The van der Waals surface area contributed by atoms with E-state index >= 15 is 0 Å². The molecule has 1 heteroatoms. The minimum Gasteiger partial charge on any atom is -0.492 e. The molecule has 25 heavy (non-hydrogen) atoms. The van der Waals surface area contributed by atoms with Crippen LogP contribution in [0.1, 0.15) is 80.8 Å². The topological polar surface area (TPSA) is 9.23 Å². The van der Waals surface area contributed by atoms with E-state index in [2.05, 4.69) is 85.7 Å². The second-order valence-electron chi connectivity index (χ2n) is 9.59. The molecule has 0 aromatic heterocycles. The highest BCUT2D eigenvalue weighted by atomic mass is 16.5. The fourth-order valence-corrected chi connectivity index (χ4v) is 3.73. The molecule has 0 radical (unpaired) electrons. The third kappa shape index (κ3) is 3.21. The zero-order valence-corrected chi connectivity index (χ0v) is 17.1. The van der Waals surface area contributed by atoms with Crippen LogP contribution in [0.15, 0.2) is 30.3 Å². The van der Waals surface area contributed by atoms with E-state index in [0.29, 0.717) is 5.92 Å². The third-order valence-corrected chi connectivity index (χ3v) is 5.58. The van der Waals surface area contributed by atoms with Gasteiger partial charge < -0.3 is 4.74 Å². The van der Waals surface area contributed by atoms with Gasteiger partial charge in [0.2, 0.25) is 0 Å². The van der Waals surface area contributed by atoms with E-state index in [-0.39, 0.29) is 10.8 Å². The number of fused-ring (bicyclic) bond motifs is 1. The van der Waals surface area contributed by atoms with Gasteiger partial charge in [0.05, 0.1) is 6.61 Å². The van der Waals surface area contributed by atoms with Crippen molar-refractivity contribution in [3.8, 4) is 5.75 Å². The van der Waals surface area contributed by atoms with Crippen LogP contribution in [0.25, 0.3) is 0 Å². The summed E-state index contributed by atoms with van der Waals surface area (Å²) < 4.78 is 6.29. The first-order chi connectivity index (χ1) is 11.5. The predicted molar refractivity (Wildman–Crippen MR) is 107 cm³/mol. The van der Waals surface area contributed by atoms with Gasteiger partial charge in [-0.25, -0.2) is 0 Å². The van der Waals surface area contributed by atoms with Crippen molar-refractivity contribution < 1.29 is 4.74 Å². The molecule has 2 aromatic carbocycles. The molecule has 2 aromatic rings. The van der Waals surface area contributed by atoms with Crippen LogP contribution < -0.4 is 4.74 Å². The van der Waals surface area contributed by atoms with Crippen molar-refractivity contribution in [2.75, 3.05) is 6.61 Å². The minimum absolute atomic E-state index is 0.0713. The summed E-state index contributed by atoms with van der Waals surface area (Å²) in [4.78, 5) is 0. The molecule has 0 saturated heterocycles. The number of ether oxygens (including phenoxy) is 1. The molecule has 1 atom stereocenters. The van der Waals surface area contributed by atoms with Crippen LogP contribution in [0.3, 0.4) is 0 Å². The summed E-state index contributed by atoms with van der Waals surface area (Å²) >= 11 is 0. The Hall–Kier alpha value is -1.76. The van der Waals surface area contributed by atoms with Crippen LogP contribution in [-0.4, -0.2) is 6.61 Å². The summed E-state index contributed by atoms with van der Waals surface area (Å²) in [5, 5.41) is 0. The van der Waals surface area contributed by atoms with E-state index in [9.17, 15) is 0 Å². The third-order valence-electron chi connectivity index (χ3n) is 5.58. The molecule has 0 spiro atoms. The minimum atomic E-state index is 0.0713. The smallest absolute Gasteiger partial charge is 0.127 e. The maximum atomic E-state index is 6.29. The maximum absolute atomic E-state index is 6.29. The van der Waals surface area contributed by atoms with E-state index in [4.69, 9.17) is 4.74 Å². The molecule has 1 aliphatic heterocycles. The van der Waals surface area contributed by atoms with Gasteiger partial charge in [0.25, 0.3) is 0 Å². The van der Waals surface area contributed by atoms with Crippen molar-refractivity contribution >= 4 is 0 Å². The first kappa shape index (κ1) is 18.0. The Kier molecular flexibility index (Phi) is 4.26. The number of rotatable bonds is 1. The van der Waals surface area contributed by atoms with Crippen molar-refractivity contribution in [2.45, 2.75) is 72.1 Å². The summed E-state index contributed by atoms with van der Waals surface area (Å²) in [5.74, 6) is 1.45. The van der Waals surface area contributed by atoms with Gasteiger partial charge in [0.1, 0.15) is 5.75 Å². The Morgan fingerprint density at radius 2 is 1.56 bits per heavy atom. The van der Waals surface area contributed by atoms with Crippen molar-refractivity contribution in [1.82, 2.24) is 0 Å². The van der Waals surface area contributed by atoms with Crippen LogP contribution in [0.4, 0.5) is 0 Å². The molecule has 0 N–H and O–H groups in total. The fourth-order valence-electron chi connectivity index (χ4n) is 3.73. The van der Waals surface area contributed by atoms with Crippen molar-refractivity contribution in [3.63, 3.8) is 0 Å². The number of benzene rings is 2. The number of hydrogen-bond acceptors (Lipinski definition) is 1. The zero-order valence-electron chi connectivity index (χ0n) is 17.1. The maximum Gasteiger partial charge on any atom is 0.127 e. The largest absolute Gasteiger partial charge is 0.492 e. The van der Waals surface area contributed by atoms with E-state index < -0.39 is 0 Å².